The highest BCUT2D eigenvalue weighted by Gasteiger charge is 2.29. The van der Waals surface area contributed by atoms with Crippen molar-refractivity contribution in [3.8, 4) is 5.75 Å². The van der Waals surface area contributed by atoms with Crippen LogP contribution in [0.4, 0.5) is 5.69 Å². The summed E-state index contributed by atoms with van der Waals surface area (Å²) in [5, 5.41) is 3.13. The van der Waals surface area contributed by atoms with Crippen molar-refractivity contribution in [3.05, 3.63) is 60.2 Å². The molecule has 160 valence electrons. The minimum Gasteiger partial charge on any atom is -0.489 e. The van der Waals surface area contributed by atoms with Gasteiger partial charge in [-0.2, -0.15) is 0 Å². The predicted octanol–water partition coefficient (Wildman–Crippen LogP) is 3.84. The lowest BCUT2D eigenvalue weighted by atomic mass is 10.1. The van der Waals surface area contributed by atoms with Gasteiger partial charge in [0.05, 0.1) is 18.2 Å². The lowest BCUT2D eigenvalue weighted by Crippen LogP contribution is -2.45. The van der Waals surface area contributed by atoms with E-state index in [1.54, 1.807) is 0 Å². The number of hydrogen-bond acceptors (Lipinski definition) is 4. The van der Waals surface area contributed by atoms with E-state index in [2.05, 4.69) is 45.4 Å². The minimum absolute atomic E-state index is 0.0298. The molecule has 0 unspecified atom stereocenters. The third-order valence-corrected chi connectivity index (χ3v) is 6.09. The summed E-state index contributed by atoms with van der Waals surface area (Å²) in [6.45, 7) is 5.56. The van der Waals surface area contributed by atoms with Crippen LogP contribution in [0.25, 0.3) is 0 Å². The fourth-order valence-electron chi connectivity index (χ4n) is 4.45. The molecule has 4 rings (SSSR count). The van der Waals surface area contributed by atoms with E-state index in [-0.39, 0.29) is 11.9 Å². The number of nitrogens with zero attached hydrogens (tertiary/aromatic N) is 2. The zero-order valence-electron chi connectivity index (χ0n) is 17.8. The Morgan fingerprint density at radius 3 is 2.60 bits per heavy atom. The maximum atomic E-state index is 12.7. The molecule has 2 aliphatic rings. The first-order valence-electron chi connectivity index (χ1n) is 11.3. The van der Waals surface area contributed by atoms with Crippen LogP contribution in [0.5, 0.6) is 5.75 Å². The van der Waals surface area contributed by atoms with Crippen molar-refractivity contribution in [2.45, 2.75) is 44.7 Å². The largest absolute Gasteiger partial charge is 0.489 e. The Labute approximate surface area is 180 Å². The number of fused-ring (bicyclic) bond motifs is 1. The monoisotopic (exact) mass is 407 g/mol. The summed E-state index contributed by atoms with van der Waals surface area (Å²) in [5.74, 6) is 1.01. The number of carbonyl (C=O) groups is 1. The predicted molar refractivity (Wildman–Crippen MR) is 121 cm³/mol. The normalized spacial score (nSPS) is 19.1. The van der Waals surface area contributed by atoms with Gasteiger partial charge in [0.1, 0.15) is 12.4 Å². The Hall–Kier alpha value is -2.53. The molecule has 0 radical (unpaired) electrons. The van der Waals surface area contributed by atoms with Crippen molar-refractivity contribution >= 4 is 11.6 Å². The third-order valence-electron chi connectivity index (χ3n) is 6.09. The zero-order valence-corrected chi connectivity index (χ0v) is 17.8. The van der Waals surface area contributed by atoms with Gasteiger partial charge in [-0.1, -0.05) is 48.9 Å². The van der Waals surface area contributed by atoms with Gasteiger partial charge in [-0.15, -0.1) is 0 Å². The van der Waals surface area contributed by atoms with Gasteiger partial charge in [0.2, 0.25) is 5.91 Å². The van der Waals surface area contributed by atoms with E-state index in [0.717, 1.165) is 37.5 Å². The molecule has 1 fully saturated rings. The SMILES string of the molecule is O=C(C[C@H]1COc2ccccc2N1Cc1ccccc1)NCCCN1CCCCC1. The van der Waals surface area contributed by atoms with Crippen LogP contribution in [-0.2, 0) is 11.3 Å². The number of para-hydroxylation sites is 2. The molecule has 1 atom stereocenters. The van der Waals surface area contributed by atoms with Gasteiger partial charge in [0, 0.05) is 13.1 Å². The molecular weight excluding hydrogens is 374 g/mol. The summed E-state index contributed by atoms with van der Waals surface area (Å²) < 4.78 is 5.98. The van der Waals surface area contributed by atoms with Crippen molar-refractivity contribution in [2.24, 2.45) is 0 Å². The van der Waals surface area contributed by atoms with E-state index >= 15 is 0 Å². The molecule has 2 aromatic rings. The Kier molecular flexibility index (Phi) is 7.25. The lowest BCUT2D eigenvalue weighted by Gasteiger charge is -2.38. The molecule has 1 saturated heterocycles. The standard InChI is InChI=1S/C25H33N3O2/c29-25(26-14-9-17-27-15-7-2-8-16-27)18-22-20-30-24-13-6-5-12-23(24)28(22)19-21-10-3-1-4-11-21/h1,3-6,10-13,22H,2,7-9,14-20H2,(H,26,29)/t22-/m0/s1. The number of ether oxygens (including phenoxy) is 1. The molecule has 1 N–H and O–H groups in total. The third kappa shape index (κ3) is 5.54. The Balaban J connectivity index is 1.32. The number of benzene rings is 2. The zero-order chi connectivity index (χ0) is 20.6. The molecule has 2 aliphatic heterocycles. The maximum absolute atomic E-state index is 12.7. The van der Waals surface area contributed by atoms with E-state index < -0.39 is 0 Å². The number of piperidine rings is 1. The Morgan fingerprint density at radius 2 is 1.77 bits per heavy atom. The summed E-state index contributed by atoms with van der Waals surface area (Å²) in [7, 11) is 0. The number of nitrogens with one attached hydrogen (secondary N) is 1. The van der Waals surface area contributed by atoms with Gasteiger partial charge in [-0.3, -0.25) is 4.79 Å². The number of anilines is 1. The van der Waals surface area contributed by atoms with Crippen LogP contribution in [0.2, 0.25) is 0 Å². The number of carbonyl (C=O) groups excluding carboxylic acids is 1. The molecule has 5 nitrogen and oxygen atoms in total. The van der Waals surface area contributed by atoms with Crippen molar-refractivity contribution < 1.29 is 9.53 Å². The summed E-state index contributed by atoms with van der Waals surface area (Å²) in [6.07, 6.45) is 5.45. The average molecular weight is 408 g/mol. The molecule has 0 spiro atoms. The van der Waals surface area contributed by atoms with Gasteiger partial charge < -0.3 is 19.9 Å². The summed E-state index contributed by atoms with van der Waals surface area (Å²) >= 11 is 0. The number of likely N-dealkylation sites (tertiary alicyclic amines) is 1. The smallest absolute Gasteiger partial charge is 0.222 e. The van der Waals surface area contributed by atoms with Gasteiger partial charge >= 0.3 is 0 Å². The van der Waals surface area contributed by atoms with E-state index in [0.29, 0.717) is 13.0 Å². The van der Waals surface area contributed by atoms with Crippen LogP contribution >= 0.6 is 0 Å². The number of hydrogen-bond donors (Lipinski definition) is 1. The van der Waals surface area contributed by atoms with Gasteiger partial charge in [0.15, 0.2) is 0 Å². The molecule has 2 aromatic carbocycles. The topological polar surface area (TPSA) is 44.8 Å². The van der Waals surface area contributed by atoms with Crippen molar-refractivity contribution in [3.63, 3.8) is 0 Å². The van der Waals surface area contributed by atoms with Crippen molar-refractivity contribution in [1.29, 1.82) is 0 Å². The van der Waals surface area contributed by atoms with E-state index in [9.17, 15) is 4.79 Å². The second-order valence-corrected chi connectivity index (χ2v) is 8.36. The van der Waals surface area contributed by atoms with Crippen molar-refractivity contribution in [2.75, 3.05) is 37.7 Å². The highest BCUT2D eigenvalue weighted by molar-refractivity contribution is 5.77. The van der Waals surface area contributed by atoms with E-state index in [1.165, 1.54) is 37.9 Å². The first kappa shape index (κ1) is 20.7. The minimum atomic E-state index is 0.0298. The second kappa shape index (κ2) is 10.5. The quantitative estimate of drug-likeness (QED) is 0.676. The Bertz CT molecular complexity index is 805. The molecular formula is C25H33N3O2. The van der Waals surface area contributed by atoms with Crippen LogP contribution in [0.15, 0.2) is 54.6 Å². The number of rotatable bonds is 8. The molecule has 30 heavy (non-hydrogen) atoms. The maximum Gasteiger partial charge on any atom is 0.222 e. The highest BCUT2D eigenvalue weighted by atomic mass is 16.5. The highest BCUT2D eigenvalue weighted by Crippen LogP contribution is 2.35. The van der Waals surface area contributed by atoms with Gasteiger partial charge in [-0.05, 0) is 56.6 Å². The van der Waals surface area contributed by atoms with E-state index in [1.807, 2.05) is 24.3 Å². The van der Waals surface area contributed by atoms with Crippen LogP contribution in [-0.4, -0.2) is 49.6 Å². The molecule has 0 saturated carbocycles. The molecule has 0 aliphatic carbocycles. The molecule has 1 amide bonds. The molecule has 0 bridgehead atoms. The van der Waals surface area contributed by atoms with Crippen LogP contribution in [0.3, 0.4) is 0 Å². The number of amides is 1. The summed E-state index contributed by atoms with van der Waals surface area (Å²) in [4.78, 5) is 17.5. The summed E-state index contributed by atoms with van der Waals surface area (Å²) in [6, 6.07) is 18.6. The first-order chi connectivity index (χ1) is 14.8. The fraction of sp³-hybridized carbons (Fsp3) is 0.480. The fourth-order valence-corrected chi connectivity index (χ4v) is 4.45. The van der Waals surface area contributed by atoms with Crippen LogP contribution in [0, 0.1) is 0 Å². The summed E-state index contributed by atoms with van der Waals surface area (Å²) in [5.41, 5.74) is 2.30. The van der Waals surface area contributed by atoms with Crippen LogP contribution < -0.4 is 15.0 Å². The van der Waals surface area contributed by atoms with E-state index in [4.69, 9.17) is 4.74 Å². The van der Waals surface area contributed by atoms with Crippen molar-refractivity contribution in [1.82, 2.24) is 10.2 Å². The second-order valence-electron chi connectivity index (χ2n) is 8.36. The average Bonchev–Trinajstić information content (AvgIpc) is 2.80. The van der Waals surface area contributed by atoms with Gasteiger partial charge in [-0.25, -0.2) is 0 Å². The Morgan fingerprint density at radius 1 is 1.00 bits per heavy atom. The molecule has 0 aromatic heterocycles. The molecule has 2 heterocycles. The van der Waals surface area contributed by atoms with Crippen LogP contribution in [0.1, 0.15) is 37.7 Å². The van der Waals surface area contributed by atoms with Gasteiger partial charge in [0.25, 0.3) is 0 Å². The lowest BCUT2D eigenvalue weighted by molar-refractivity contribution is -0.121. The first-order valence-corrected chi connectivity index (χ1v) is 11.3. The molecule has 5 heteroatoms.